The van der Waals surface area contributed by atoms with Crippen molar-refractivity contribution >= 4 is 17.3 Å². The molecule has 0 spiro atoms. The van der Waals surface area contributed by atoms with E-state index in [4.69, 9.17) is 0 Å². The van der Waals surface area contributed by atoms with E-state index >= 15 is 0 Å². The third-order valence-electron chi connectivity index (χ3n) is 5.63. The predicted octanol–water partition coefficient (Wildman–Crippen LogP) is 4.50. The summed E-state index contributed by atoms with van der Waals surface area (Å²) >= 11 is 0. The normalized spacial score (nSPS) is 15.7. The second-order valence-corrected chi connectivity index (χ2v) is 7.44. The first-order chi connectivity index (χ1) is 14.2. The number of carbonyl (C=O) groups excluding carboxylic acids is 1. The maximum absolute atomic E-state index is 13.0. The van der Waals surface area contributed by atoms with Crippen molar-refractivity contribution in [1.29, 1.82) is 0 Å². The van der Waals surface area contributed by atoms with E-state index in [-0.39, 0.29) is 11.9 Å². The lowest BCUT2D eigenvalue weighted by Crippen LogP contribution is -2.52. The van der Waals surface area contributed by atoms with Crippen molar-refractivity contribution < 1.29 is 4.79 Å². The maximum Gasteiger partial charge on any atom is 0.241 e. The van der Waals surface area contributed by atoms with Crippen LogP contribution >= 0.6 is 0 Å². The van der Waals surface area contributed by atoms with E-state index in [0.717, 1.165) is 43.0 Å². The van der Waals surface area contributed by atoms with Crippen molar-refractivity contribution in [1.82, 2.24) is 4.90 Å². The zero-order chi connectivity index (χ0) is 20.1. The number of amides is 1. The zero-order valence-corrected chi connectivity index (χ0v) is 16.8. The smallest absolute Gasteiger partial charge is 0.241 e. The molecular formula is C25H27N3O. The van der Waals surface area contributed by atoms with E-state index in [2.05, 4.69) is 51.5 Å². The van der Waals surface area contributed by atoms with Gasteiger partial charge in [0.2, 0.25) is 5.91 Å². The fourth-order valence-electron chi connectivity index (χ4n) is 3.87. The van der Waals surface area contributed by atoms with Gasteiger partial charge >= 0.3 is 0 Å². The first kappa shape index (κ1) is 19.2. The molecule has 4 heteroatoms. The lowest BCUT2D eigenvalue weighted by molar-refractivity contribution is -0.120. The predicted molar refractivity (Wildman–Crippen MR) is 120 cm³/mol. The number of carbonyl (C=O) groups is 1. The fourth-order valence-corrected chi connectivity index (χ4v) is 3.87. The Morgan fingerprint density at radius 2 is 1.38 bits per heavy atom. The zero-order valence-electron chi connectivity index (χ0n) is 16.8. The van der Waals surface area contributed by atoms with Crippen LogP contribution in [0.2, 0.25) is 0 Å². The molecule has 1 heterocycles. The number of para-hydroxylation sites is 2. The summed E-state index contributed by atoms with van der Waals surface area (Å²) in [6, 6.07) is 28.5. The number of piperazine rings is 1. The van der Waals surface area contributed by atoms with Crippen LogP contribution in [0, 0.1) is 0 Å². The van der Waals surface area contributed by atoms with E-state index in [1.165, 1.54) is 5.69 Å². The van der Waals surface area contributed by atoms with Crippen LogP contribution in [-0.2, 0) is 4.79 Å². The number of anilines is 2. The van der Waals surface area contributed by atoms with Crippen molar-refractivity contribution in [3.05, 3.63) is 84.9 Å². The van der Waals surface area contributed by atoms with Gasteiger partial charge in [0.1, 0.15) is 0 Å². The van der Waals surface area contributed by atoms with E-state index in [9.17, 15) is 4.79 Å². The standard InChI is InChI=1S/C25H27N3O/c1-20(27-16-18-28(19-17-27)22-12-6-3-7-13-22)25(29)26-24-15-9-8-14-23(24)21-10-4-2-5-11-21/h2-15,20H,16-19H2,1H3,(H,26,29). The number of nitrogens with one attached hydrogen (secondary N) is 1. The van der Waals surface area contributed by atoms with Gasteiger partial charge in [-0.05, 0) is 30.7 Å². The van der Waals surface area contributed by atoms with Gasteiger partial charge in [0, 0.05) is 43.1 Å². The van der Waals surface area contributed by atoms with Crippen molar-refractivity contribution in [2.24, 2.45) is 0 Å². The Morgan fingerprint density at radius 1 is 0.793 bits per heavy atom. The van der Waals surface area contributed by atoms with E-state index in [0.29, 0.717) is 0 Å². The third kappa shape index (κ3) is 4.49. The molecule has 0 saturated carbocycles. The van der Waals surface area contributed by atoms with Crippen LogP contribution in [0.25, 0.3) is 11.1 Å². The molecule has 1 fully saturated rings. The molecule has 0 bridgehead atoms. The van der Waals surface area contributed by atoms with E-state index in [1.54, 1.807) is 0 Å². The summed E-state index contributed by atoms with van der Waals surface area (Å²) in [5.41, 5.74) is 4.26. The van der Waals surface area contributed by atoms with Crippen LogP contribution in [-0.4, -0.2) is 43.0 Å². The maximum atomic E-state index is 13.0. The average molecular weight is 386 g/mol. The van der Waals surface area contributed by atoms with Gasteiger partial charge in [-0.1, -0.05) is 66.7 Å². The molecule has 3 aromatic rings. The Bertz CT molecular complexity index is 935. The summed E-state index contributed by atoms with van der Waals surface area (Å²) < 4.78 is 0. The summed E-state index contributed by atoms with van der Waals surface area (Å²) in [6.07, 6.45) is 0. The molecule has 0 radical (unpaired) electrons. The number of benzene rings is 3. The molecule has 0 aliphatic carbocycles. The fraction of sp³-hybridized carbons (Fsp3) is 0.240. The minimum atomic E-state index is -0.170. The number of nitrogens with zero attached hydrogens (tertiary/aromatic N) is 2. The lowest BCUT2D eigenvalue weighted by atomic mass is 10.0. The Hall–Kier alpha value is -3.11. The minimum absolute atomic E-state index is 0.0431. The highest BCUT2D eigenvalue weighted by molar-refractivity contribution is 5.98. The first-order valence-corrected chi connectivity index (χ1v) is 10.2. The summed E-state index contributed by atoms with van der Waals surface area (Å²) in [5, 5.41) is 3.15. The van der Waals surface area contributed by atoms with Crippen LogP contribution in [0.1, 0.15) is 6.92 Å². The summed E-state index contributed by atoms with van der Waals surface area (Å²) in [6.45, 7) is 5.62. The van der Waals surface area contributed by atoms with Gasteiger partial charge in [-0.3, -0.25) is 9.69 Å². The van der Waals surface area contributed by atoms with Crippen molar-refractivity contribution in [3.63, 3.8) is 0 Å². The molecule has 4 rings (SSSR count). The van der Waals surface area contributed by atoms with Gasteiger partial charge < -0.3 is 10.2 Å². The molecule has 4 nitrogen and oxygen atoms in total. The SMILES string of the molecule is CC(C(=O)Nc1ccccc1-c1ccccc1)N1CCN(c2ccccc2)CC1. The monoisotopic (exact) mass is 385 g/mol. The Balaban J connectivity index is 1.40. The molecular weight excluding hydrogens is 358 g/mol. The average Bonchev–Trinajstić information content (AvgIpc) is 2.80. The summed E-state index contributed by atoms with van der Waals surface area (Å²) in [4.78, 5) is 17.6. The Labute approximate surface area is 172 Å². The van der Waals surface area contributed by atoms with Crippen LogP contribution in [0.3, 0.4) is 0 Å². The molecule has 1 amide bonds. The highest BCUT2D eigenvalue weighted by atomic mass is 16.2. The second kappa shape index (κ2) is 8.93. The molecule has 1 unspecified atom stereocenters. The highest BCUT2D eigenvalue weighted by Crippen LogP contribution is 2.28. The molecule has 0 aromatic heterocycles. The quantitative estimate of drug-likeness (QED) is 0.702. The Kier molecular flexibility index (Phi) is 5.92. The van der Waals surface area contributed by atoms with Gasteiger partial charge in [-0.25, -0.2) is 0 Å². The summed E-state index contributed by atoms with van der Waals surface area (Å²) in [5.74, 6) is 0.0431. The first-order valence-electron chi connectivity index (χ1n) is 10.2. The van der Waals surface area contributed by atoms with Crippen molar-refractivity contribution in [3.8, 4) is 11.1 Å². The van der Waals surface area contributed by atoms with Gasteiger partial charge in [0.15, 0.2) is 0 Å². The molecule has 1 aliphatic rings. The van der Waals surface area contributed by atoms with E-state index in [1.807, 2.05) is 55.5 Å². The molecule has 148 valence electrons. The molecule has 1 aliphatic heterocycles. The van der Waals surface area contributed by atoms with Crippen LogP contribution in [0.15, 0.2) is 84.9 Å². The van der Waals surface area contributed by atoms with Gasteiger partial charge in [-0.2, -0.15) is 0 Å². The topological polar surface area (TPSA) is 35.6 Å². The van der Waals surface area contributed by atoms with Crippen LogP contribution in [0.5, 0.6) is 0 Å². The third-order valence-corrected chi connectivity index (χ3v) is 5.63. The lowest BCUT2D eigenvalue weighted by Gasteiger charge is -2.38. The van der Waals surface area contributed by atoms with Crippen molar-refractivity contribution in [2.45, 2.75) is 13.0 Å². The molecule has 3 aromatic carbocycles. The van der Waals surface area contributed by atoms with Gasteiger partial charge in [-0.15, -0.1) is 0 Å². The number of rotatable bonds is 5. The molecule has 1 saturated heterocycles. The minimum Gasteiger partial charge on any atom is -0.369 e. The number of hydrogen-bond acceptors (Lipinski definition) is 3. The largest absolute Gasteiger partial charge is 0.369 e. The second-order valence-electron chi connectivity index (χ2n) is 7.44. The van der Waals surface area contributed by atoms with Crippen molar-refractivity contribution in [2.75, 3.05) is 36.4 Å². The van der Waals surface area contributed by atoms with Gasteiger partial charge in [0.05, 0.1) is 6.04 Å². The van der Waals surface area contributed by atoms with Crippen LogP contribution in [0.4, 0.5) is 11.4 Å². The molecule has 29 heavy (non-hydrogen) atoms. The molecule has 1 atom stereocenters. The Morgan fingerprint density at radius 3 is 2.07 bits per heavy atom. The van der Waals surface area contributed by atoms with Gasteiger partial charge in [0.25, 0.3) is 0 Å². The molecule has 1 N–H and O–H groups in total. The highest BCUT2D eigenvalue weighted by Gasteiger charge is 2.26. The number of hydrogen-bond donors (Lipinski definition) is 1. The summed E-state index contributed by atoms with van der Waals surface area (Å²) in [7, 11) is 0. The van der Waals surface area contributed by atoms with E-state index < -0.39 is 0 Å². The van der Waals surface area contributed by atoms with Crippen LogP contribution < -0.4 is 10.2 Å².